The number of halogens is 1. The highest BCUT2D eigenvalue weighted by Gasteiger charge is 2.05. The van der Waals surface area contributed by atoms with Crippen LogP contribution in [0.15, 0.2) is 47.3 Å². The third-order valence-corrected chi connectivity index (χ3v) is 3.42. The molecule has 0 unspecified atom stereocenters. The van der Waals surface area contributed by atoms with Crippen LogP contribution in [0.4, 0.5) is 0 Å². The minimum Gasteiger partial charge on any atom is -0.319 e. The molecule has 0 fully saturated rings. The normalized spacial score (nSPS) is 10.8. The third-order valence-electron chi connectivity index (χ3n) is 2.89. The number of rotatable bonds is 3. The van der Waals surface area contributed by atoms with Crippen molar-refractivity contribution in [2.75, 3.05) is 0 Å². The van der Waals surface area contributed by atoms with Crippen molar-refractivity contribution in [2.24, 2.45) is 7.05 Å². The van der Waals surface area contributed by atoms with E-state index in [9.17, 15) is 0 Å². The monoisotopic (exact) mass is 317 g/mol. The van der Waals surface area contributed by atoms with Gasteiger partial charge in [-0.3, -0.25) is 4.68 Å². The molecule has 0 bridgehead atoms. The second-order valence-corrected chi connectivity index (χ2v) is 5.18. The molecule has 2 aromatic heterocycles. The Morgan fingerprint density at radius 2 is 1.95 bits per heavy atom. The highest BCUT2D eigenvalue weighted by Crippen LogP contribution is 2.19. The summed E-state index contributed by atoms with van der Waals surface area (Å²) < 4.78 is 4.82. The molecule has 0 N–H and O–H groups in total. The Labute approximate surface area is 119 Å². The van der Waals surface area contributed by atoms with Gasteiger partial charge in [-0.2, -0.15) is 5.10 Å². The molecule has 19 heavy (non-hydrogen) atoms. The molecule has 3 rings (SSSR count). The van der Waals surface area contributed by atoms with Crippen molar-refractivity contribution in [2.45, 2.75) is 6.54 Å². The highest BCUT2D eigenvalue weighted by molar-refractivity contribution is 9.10. The molecule has 0 amide bonds. The zero-order valence-corrected chi connectivity index (χ0v) is 11.9. The van der Waals surface area contributed by atoms with Crippen LogP contribution in [0.1, 0.15) is 5.82 Å². The molecule has 96 valence electrons. The molecule has 2 heterocycles. The van der Waals surface area contributed by atoms with Gasteiger partial charge in [0.25, 0.3) is 0 Å². The van der Waals surface area contributed by atoms with E-state index in [1.165, 1.54) is 0 Å². The number of benzene rings is 1. The second-order valence-electron chi connectivity index (χ2n) is 4.26. The van der Waals surface area contributed by atoms with Crippen LogP contribution in [0.25, 0.3) is 11.3 Å². The molecule has 1 aromatic carbocycles. The van der Waals surface area contributed by atoms with Crippen molar-refractivity contribution < 1.29 is 0 Å². The molecular weight excluding hydrogens is 306 g/mol. The maximum Gasteiger partial charge on any atom is 0.154 e. The molecular formula is C13H12BrN5. The quantitative estimate of drug-likeness (QED) is 0.745. The summed E-state index contributed by atoms with van der Waals surface area (Å²) in [5.41, 5.74) is 2.05. The fourth-order valence-corrected chi connectivity index (χ4v) is 2.08. The summed E-state index contributed by atoms with van der Waals surface area (Å²) >= 11 is 3.43. The van der Waals surface area contributed by atoms with E-state index in [1.54, 1.807) is 6.33 Å². The van der Waals surface area contributed by atoms with Gasteiger partial charge in [-0.15, -0.1) is 10.2 Å². The minimum atomic E-state index is 0.618. The van der Waals surface area contributed by atoms with Crippen molar-refractivity contribution in [3.05, 3.63) is 53.2 Å². The second kappa shape index (κ2) is 4.97. The SMILES string of the molecule is Cn1cnnc1Cn1ccc(-c2ccc(Br)cc2)n1. The zero-order chi connectivity index (χ0) is 13.2. The lowest BCUT2D eigenvalue weighted by atomic mass is 10.2. The van der Waals surface area contributed by atoms with Crippen molar-refractivity contribution in [3.63, 3.8) is 0 Å². The van der Waals surface area contributed by atoms with Crippen LogP contribution in [-0.4, -0.2) is 24.5 Å². The fraction of sp³-hybridized carbons (Fsp3) is 0.154. The van der Waals surface area contributed by atoms with E-state index in [2.05, 4.69) is 31.2 Å². The first-order valence-electron chi connectivity index (χ1n) is 5.84. The largest absolute Gasteiger partial charge is 0.319 e. The van der Waals surface area contributed by atoms with Crippen LogP contribution >= 0.6 is 15.9 Å². The molecule has 5 nitrogen and oxygen atoms in total. The smallest absolute Gasteiger partial charge is 0.154 e. The summed E-state index contributed by atoms with van der Waals surface area (Å²) in [6.45, 7) is 0.618. The predicted octanol–water partition coefficient (Wildman–Crippen LogP) is 2.49. The van der Waals surface area contributed by atoms with Gasteiger partial charge in [0.1, 0.15) is 12.9 Å². The molecule has 0 saturated heterocycles. The Morgan fingerprint density at radius 1 is 1.16 bits per heavy atom. The summed E-state index contributed by atoms with van der Waals surface area (Å²) in [6, 6.07) is 10.1. The zero-order valence-electron chi connectivity index (χ0n) is 10.4. The van der Waals surface area contributed by atoms with Crippen LogP contribution in [0.5, 0.6) is 0 Å². The van der Waals surface area contributed by atoms with E-state index in [4.69, 9.17) is 0 Å². The van der Waals surface area contributed by atoms with Crippen LogP contribution in [0, 0.1) is 0 Å². The molecule has 0 spiro atoms. The van der Waals surface area contributed by atoms with Crippen LogP contribution < -0.4 is 0 Å². The van der Waals surface area contributed by atoms with Gasteiger partial charge >= 0.3 is 0 Å². The van der Waals surface area contributed by atoms with E-state index >= 15 is 0 Å². The van der Waals surface area contributed by atoms with Gasteiger partial charge in [0, 0.05) is 23.3 Å². The number of hydrogen-bond acceptors (Lipinski definition) is 3. The lowest BCUT2D eigenvalue weighted by molar-refractivity contribution is 0.632. The summed E-state index contributed by atoms with van der Waals surface area (Å²) in [6.07, 6.45) is 3.64. The van der Waals surface area contributed by atoms with Crippen molar-refractivity contribution in [1.29, 1.82) is 0 Å². The first-order chi connectivity index (χ1) is 9.22. The first kappa shape index (κ1) is 12.1. The highest BCUT2D eigenvalue weighted by atomic mass is 79.9. The molecule has 0 aliphatic heterocycles. The van der Waals surface area contributed by atoms with Crippen LogP contribution in [-0.2, 0) is 13.6 Å². The molecule has 0 aliphatic rings. The van der Waals surface area contributed by atoms with Gasteiger partial charge in [0.05, 0.1) is 5.69 Å². The predicted molar refractivity (Wildman–Crippen MR) is 75.5 cm³/mol. The molecule has 0 atom stereocenters. The maximum atomic E-state index is 4.55. The van der Waals surface area contributed by atoms with Gasteiger partial charge in [-0.05, 0) is 18.2 Å². The Hall–Kier alpha value is -1.95. The van der Waals surface area contributed by atoms with E-state index in [-0.39, 0.29) is 0 Å². The minimum absolute atomic E-state index is 0.618. The maximum absolute atomic E-state index is 4.55. The Bertz CT molecular complexity index is 683. The fourth-order valence-electron chi connectivity index (χ4n) is 1.82. The molecule has 0 saturated carbocycles. The average molecular weight is 318 g/mol. The van der Waals surface area contributed by atoms with E-state index in [0.717, 1.165) is 21.6 Å². The van der Waals surface area contributed by atoms with E-state index in [1.807, 2.05) is 52.8 Å². The summed E-state index contributed by atoms with van der Waals surface area (Å²) in [5, 5.41) is 12.5. The van der Waals surface area contributed by atoms with Crippen molar-refractivity contribution in [1.82, 2.24) is 24.5 Å². The number of aromatic nitrogens is 5. The van der Waals surface area contributed by atoms with Crippen LogP contribution in [0.3, 0.4) is 0 Å². The molecule has 6 heteroatoms. The summed E-state index contributed by atoms with van der Waals surface area (Å²) in [7, 11) is 1.93. The number of aryl methyl sites for hydroxylation is 1. The molecule has 3 aromatic rings. The molecule has 0 radical (unpaired) electrons. The van der Waals surface area contributed by atoms with Crippen molar-refractivity contribution >= 4 is 15.9 Å². The number of nitrogens with zero attached hydrogens (tertiary/aromatic N) is 5. The van der Waals surface area contributed by atoms with Gasteiger partial charge in [0.15, 0.2) is 5.82 Å². The number of hydrogen-bond donors (Lipinski definition) is 0. The third kappa shape index (κ3) is 2.58. The van der Waals surface area contributed by atoms with Crippen molar-refractivity contribution in [3.8, 4) is 11.3 Å². The standard InChI is InChI=1S/C13H12BrN5/c1-18-9-15-16-13(18)8-19-7-6-12(17-19)10-2-4-11(14)5-3-10/h2-7,9H,8H2,1H3. The van der Waals surface area contributed by atoms with Gasteiger partial charge < -0.3 is 4.57 Å². The van der Waals surface area contributed by atoms with E-state index < -0.39 is 0 Å². The Kier molecular flexibility index (Phi) is 3.16. The van der Waals surface area contributed by atoms with Gasteiger partial charge in [-0.1, -0.05) is 28.1 Å². The first-order valence-corrected chi connectivity index (χ1v) is 6.64. The topological polar surface area (TPSA) is 48.5 Å². The molecule has 0 aliphatic carbocycles. The van der Waals surface area contributed by atoms with E-state index in [0.29, 0.717) is 6.54 Å². The summed E-state index contributed by atoms with van der Waals surface area (Å²) in [4.78, 5) is 0. The Morgan fingerprint density at radius 3 is 2.63 bits per heavy atom. The van der Waals surface area contributed by atoms with Crippen LogP contribution in [0.2, 0.25) is 0 Å². The lowest BCUT2D eigenvalue weighted by Crippen LogP contribution is -2.06. The summed E-state index contributed by atoms with van der Waals surface area (Å²) in [5.74, 6) is 0.880. The Balaban J connectivity index is 1.83. The van der Waals surface area contributed by atoms with Gasteiger partial charge in [-0.25, -0.2) is 0 Å². The van der Waals surface area contributed by atoms with Gasteiger partial charge in [0.2, 0.25) is 0 Å². The lowest BCUT2D eigenvalue weighted by Gasteiger charge is -2.01. The average Bonchev–Trinajstić information content (AvgIpc) is 3.01.